The first-order valence-corrected chi connectivity index (χ1v) is 9.04. The van der Waals surface area contributed by atoms with Crippen LogP contribution in [0.15, 0.2) is 35.0 Å². The molecule has 0 spiro atoms. The summed E-state index contributed by atoms with van der Waals surface area (Å²) in [5, 5.41) is 4.14. The van der Waals surface area contributed by atoms with Gasteiger partial charge in [0.1, 0.15) is 5.76 Å². The van der Waals surface area contributed by atoms with Gasteiger partial charge in [0.15, 0.2) is 0 Å². The summed E-state index contributed by atoms with van der Waals surface area (Å²) in [4.78, 5) is 6.74. The molecular formula is C19H25N3O3. The van der Waals surface area contributed by atoms with Crippen molar-refractivity contribution < 1.29 is 14.0 Å². The first-order valence-electron chi connectivity index (χ1n) is 9.04. The number of likely N-dealkylation sites (tertiary alicyclic amines) is 1. The number of hydrogen-bond donors (Lipinski definition) is 0. The van der Waals surface area contributed by atoms with Crippen LogP contribution in [0.5, 0.6) is 5.88 Å². The van der Waals surface area contributed by atoms with Crippen molar-refractivity contribution in [1.82, 2.24) is 15.0 Å². The van der Waals surface area contributed by atoms with Gasteiger partial charge in [-0.25, -0.2) is 4.98 Å². The van der Waals surface area contributed by atoms with Crippen LogP contribution in [0.2, 0.25) is 0 Å². The van der Waals surface area contributed by atoms with E-state index in [4.69, 9.17) is 14.0 Å². The predicted octanol–water partition coefficient (Wildman–Crippen LogP) is 2.83. The van der Waals surface area contributed by atoms with Crippen LogP contribution in [0, 0.1) is 12.3 Å². The summed E-state index contributed by atoms with van der Waals surface area (Å²) < 4.78 is 17.4. The number of aromatic nitrogens is 2. The van der Waals surface area contributed by atoms with E-state index in [-0.39, 0.29) is 11.5 Å². The highest BCUT2D eigenvalue weighted by Gasteiger charge is 2.46. The molecule has 2 aromatic rings. The topological polar surface area (TPSA) is 60.6 Å². The molecule has 2 saturated heterocycles. The van der Waals surface area contributed by atoms with Crippen LogP contribution in [-0.2, 0) is 11.3 Å². The Hall–Kier alpha value is -1.92. The molecule has 2 atom stereocenters. The van der Waals surface area contributed by atoms with E-state index in [9.17, 15) is 0 Å². The summed E-state index contributed by atoms with van der Waals surface area (Å²) >= 11 is 0. The van der Waals surface area contributed by atoms with E-state index in [1.165, 1.54) is 0 Å². The zero-order chi connectivity index (χ0) is 17.1. The van der Waals surface area contributed by atoms with Crippen molar-refractivity contribution in [3.05, 3.63) is 41.9 Å². The lowest BCUT2D eigenvalue weighted by Crippen LogP contribution is -2.57. The van der Waals surface area contributed by atoms with Crippen molar-refractivity contribution in [3.63, 3.8) is 0 Å². The molecule has 25 heavy (non-hydrogen) atoms. The van der Waals surface area contributed by atoms with Crippen LogP contribution in [0.1, 0.15) is 30.7 Å². The van der Waals surface area contributed by atoms with Gasteiger partial charge in [-0.1, -0.05) is 11.2 Å². The largest absolute Gasteiger partial charge is 0.477 e. The second-order valence-electron chi connectivity index (χ2n) is 7.21. The van der Waals surface area contributed by atoms with E-state index >= 15 is 0 Å². The number of hydrogen-bond acceptors (Lipinski definition) is 6. The van der Waals surface area contributed by atoms with Gasteiger partial charge in [0, 0.05) is 50.0 Å². The number of piperidine rings is 1. The maximum atomic E-state index is 6.12. The van der Waals surface area contributed by atoms with Gasteiger partial charge < -0.3 is 14.0 Å². The lowest BCUT2D eigenvalue weighted by molar-refractivity contribution is -0.141. The smallest absolute Gasteiger partial charge is 0.213 e. The fourth-order valence-electron chi connectivity index (χ4n) is 4.10. The van der Waals surface area contributed by atoms with Crippen LogP contribution in [0.25, 0.3) is 0 Å². The maximum Gasteiger partial charge on any atom is 0.213 e. The minimum absolute atomic E-state index is 0.0206. The Labute approximate surface area is 148 Å². The fraction of sp³-hybridized carbons (Fsp3) is 0.579. The SMILES string of the molecule is Cc1cc(CN2CC[C@H]3OCCC[C@@]3(COc3ccccn3)C2)no1. The second kappa shape index (κ2) is 7.14. The molecule has 2 aliphatic rings. The van der Waals surface area contributed by atoms with Gasteiger partial charge in [0.2, 0.25) is 5.88 Å². The average Bonchev–Trinajstić information content (AvgIpc) is 3.05. The highest BCUT2D eigenvalue weighted by molar-refractivity contribution is 5.10. The molecule has 2 fully saturated rings. The molecule has 0 bridgehead atoms. The van der Waals surface area contributed by atoms with Crippen LogP contribution >= 0.6 is 0 Å². The molecule has 4 heterocycles. The van der Waals surface area contributed by atoms with Crippen LogP contribution in [0.3, 0.4) is 0 Å². The Kier molecular flexibility index (Phi) is 4.72. The average molecular weight is 343 g/mol. The zero-order valence-electron chi connectivity index (χ0n) is 14.7. The summed E-state index contributed by atoms with van der Waals surface area (Å²) in [6.45, 7) is 6.22. The van der Waals surface area contributed by atoms with Gasteiger partial charge in [-0.2, -0.15) is 0 Å². The second-order valence-corrected chi connectivity index (χ2v) is 7.21. The van der Waals surface area contributed by atoms with E-state index < -0.39 is 0 Å². The summed E-state index contributed by atoms with van der Waals surface area (Å²) in [5.74, 6) is 1.55. The number of ether oxygens (including phenoxy) is 2. The minimum Gasteiger partial charge on any atom is -0.477 e. The van der Waals surface area contributed by atoms with Crippen LogP contribution in [0.4, 0.5) is 0 Å². The molecule has 4 rings (SSSR count). The number of pyridine rings is 1. The molecule has 2 aromatic heterocycles. The Morgan fingerprint density at radius 2 is 2.36 bits per heavy atom. The Morgan fingerprint density at radius 1 is 1.40 bits per heavy atom. The molecule has 6 nitrogen and oxygen atoms in total. The summed E-state index contributed by atoms with van der Waals surface area (Å²) in [5.41, 5.74) is 1.01. The van der Waals surface area contributed by atoms with E-state index in [1.54, 1.807) is 6.20 Å². The standard InChI is InChI=1S/C19H25N3O3/c1-15-11-16(21-25-15)12-22-9-6-17-19(13-22,7-4-10-23-17)14-24-18-5-2-3-8-20-18/h2-3,5,8,11,17H,4,6-7,9-10,12-14H2,1H3/t17-,19+/m1/s1. The van der Waals surface area contributed by atoms with Gasteiger partial charge in [-0.15, -0.1) is 0 Å². The third kappa shape index (κ3) is 3.70. The van der Waals surface area contributed by atoms with Crippen LogP contribution in [-0.4, -0.2) is 47.4 Å². The van der Waals surface area contributed by atoms with Crippen LogP contribution < -0.4 is 4.74 Å². The van der Waals surface area contributed by atoms with Gasteiger partial charge in [0.05, 0.1) is 18.4 Å². The highest BCUT2D eigenvalue weighted by atomic mass is 16.5. The quantitative estimate of drug-likeness (QED) is 0.832. The minimum atomic E-state index is 0.0206. The van der Waals surface area contributed by atoms with Crippen molar-refractivity contribution in [3.8, 4) is 5.88 Å². The molecule has 6 heteroatoms. The van der Waals surface area contributed by atoms with Crippen molar-refractivity contribution in [2.24, 2.45) is 5.41 Å². The number of fused-ring (bicyclic) bond motifs is 1. The van der Waals surface area contributed by atoms with Crippen molar-refractivity contribution in [1.29, 1.82) is 0 Å². The normalized spacial score (nSPS) is 27.0. The molecule has 134 valence electrons. The molecule has 0 saturated carbocycles. The van der Waals surface area contributed by atoms with Crippen molar-refractivity contribution in [2.45, 2.75) is 38.8 Å². The molecule has 0 N–H and O–H groups in total. The predicted molar refractivity (Wildman–Crippen MR) is 92.3 cm³/mol. The Bertz CT molecular complexity index is 690. The van der Waals surface area contributed by atoms with E-state index in [0.717, 1.165) is 57.0 Å². The first-order chi connectivity index (χ1) is 12.2. The first kappa shape index (κ1) is 16.5. The van der Waals surface area contributed by atoms with Crippen molar-refractivity contribution >= 4 is 0 Å². The molecule has 0 aliphatic carbocycles. The van der Waals surface area contributed by atoms with Gasteiger partial charge in [-0.05, 0) is 32.3 Å². The van der Waals surface area contributed by atoms with Gasteiger partial charge >= 0.3 is 0 Å². The third-order valence-electron chi connectivity index (χ3n) is 5.27. The maximum absolute atomic E-state index is 6.12. The molecule has 0 aromatic carbocycles. The summed E-state index contributed by atoms with van der Waals surface area (Å²) in [6, 6.07) is 7.78. The summed E-state index contributed by atoms with van der Waals surface area (Å²) in [6.07, 6.45) is 5.27. The number of nitrogens with zero attached hydrogens (tertiary/aromatic N) is 3. The number of aryl methyl sites for hydroxylation is 1. The Balaban J connectivity index is 1.46. The summed E-state index contributed by atoms with van der Waals surface area (Å²) in [7, 11) is 0. The third-order valence-corrected chi connectivity index (χ3v) is 5.27. The van der Waals surface area contributed by atoms with Crippen molar-refractivity contribution in [2.75, 3.05) is 26.3 Å². The van der Waals surface area contributed by atoms with Gasteiger partial charge in [-0.3, -0.25) is 4.90 Å². The van der Waals surface area contributed by atoms with E-state index in [1.807, 2.05) is 31.2 Å². The lowest BCUT2D eigenvalue weighted by Gasteiger charge is -2.50. The molecule has 0 amide bonds. The van der Waals surface area contributed by atoms with E-state index in [2.05, 4.69) is 15.0 Å². The fourth-order valence-corrected chi connectivity index (χ4v) is 4.10. The van der Waals surface area contributed by atoms with E-state index in [0.29, 0.717) is 12.5 Å². The zero-order valence-corrected chi connectivity index (χ0v) is 14.7. The van der Waals surface area contributed by atoms with Gasteiger partial charge in [0.25, 0.3) is 0 Å². The molecule has 2 aliphatic heterocycles. The molecule has 0 radical (unpaired) electrons. The lowest BCUT2D eigenvalue weighted by atomic mass is 9.73. The molecular weight excluding hydrogens is 318 g/mol. The monoisotopic (exact) mass is 343 g/mol. The highest BCUT2D eigenvalue weighted by Crippen LogP contribution is 2.40. The number of rotatable bonds is 5. The Morgan fingerprint density at radius 3 is 3.16 bits per heavy atom. The molecule has 0 unspecified atom stereocenters.